The number of anilines is 1. The molecule has 5 heterocycles. The molecular formula is C24H24N6O4. The van der Waals surface area contributed by atoms with Crippen LogP contribution in [0.4, 0.5) is 5.82 Å². The van der Waals surface area contributed by atoms with E-state index in [1.165, 1.54) is 0 Å². The van der Waals surface area contributed by atoms with Crippen molar-refractivity contribution in [1.29, 1.82) is 0 Å². The standard InChI is InChI=1S/C24H24N6O4/c31-24(25-11-15-34-23-10-8-19(27-29-23)21-6-3-14-33-21)17-4-1-12-30(16-17)22-9-7-18(26-28-22)20-5-2-13-32-20/h2-3,5-10,13-14,17H,1,4,11-12,15-16H2,(H,25,31). The highest BCUT2D eigenvalue weighted by molar-refractivity contribution is 5.79. The fourth-order valence-corrected chi connectivity index (χ4v) is 3.88. The van der Waals surface area contributed by atoms with Crippen LogP contribution in [-0.2, 0) is 4.79 Å². The van der Waals surface area contributed by atoms with E-state index in [-0.39, 0.29) is 11.8 Å². The summed E-state index contributed by atoms with van der Waals surface area (Å²) in [6, 6.07) is 14.6. The third-order valence-corrected chi connectivity index (χ3v) is 5.61. The first kappa shape index (κ1) is 21.6. The lowest BCUT2D eigenvalue weighted by atomic mass is 9.97. The molecule has 1 saturated heterocycles. The molecule has 34 heavy (non-hydrogen) atoms. The molecule has 0 aliphatic carbocycles. The lowest BCUT2D eigenvalue weighted by Crippen LogP contribution is -2.44. The fraction of sp³-hybridized carbons (Fsp3) is 0.292. The lowest BCUT2D eigenvalue weighted by molar-refractivity contribution is -0.125. The summed E-state index contributed by atoms with van der Waals surface area (Å²) in [5, 5.41) is 19.7. The third kappa shape index (κ3) is 5.06. The monoisotopic (exact) mass is 460 g/mol. The number of amides is 1. The van der Waals surface area contributed by atoms with Gasteiger partial charge in [-0.05, 0) is 55.3 Å². The van der Waals surface area contributed by atoms with Crippen LogP contribution in [0.3, 0.4) is 0 Å². The number of piperidine rings is 1. The maximum atomic E-state index is 12.7. The molecule has 1 N–H and O–H groups in total. The Labute approximate surface area is 196 Å². The number of hydrogen-bond acceptors (Lipinski definition) is 9. The second-order valence-corrected chi connectivity index (χ2v) is 7.91. The van der Waals surface area contributed by atoms with E-state index < -0.39 is 0 Å². The largest absolute Gasteiger partial charge is 0.475 e. The maximum absolute atomic E-state index is 12.7. The van der Waals surface area contributed by atoms with Gasteiger partial charge in [0.05, 0.1) is 25.0 Å². The molecule has 10 heteroatoms. The fourth-order valence-electron chi connectivity index (χ4n) is 3.88. The smallest absolute Gasteiger partial charge is 0.233 e. The van der Waals surface area contributed by atoms with Crippen molar-refractivity contribution in [2.45, 2.75) is 12.8 Å². The third-order valence-electron chi connectivity index (χ3n) is 5.61. The Morgan fingerprint density at radius 2 is 1.71 bits per heavy atom. The Balaban J connectivity index is 1.08. The second-order valence-electron chi connectivity index (χ2n) is 7.91. The van der Waals surface area contributed by atoms with Gasteiger partial charge in [0.15, 0.2) is 17.3 Å². The molecule has 0 bridgehead atoms. The highest BCUT2D eigenvalue weighted by atomic mass is 16.5. The quantitative estimate of drug-likeness (QED) is 0.395. The molecule has 0 radical (unpaired) electrons. The van der Waals surface area contributed by atoms with Gasteiger partial charge in [-0.25, -0.2) is 0 Å². The first-order valence-electron chi connectivity index (χ1n) is 11.2. The van der Waals surface area contributed by atoms with Crippen LogP contribution in [0.2, 0.25) is 0 Å². The van der Waals surface area contributed by atoms with Gasteiger partial charge in [0.1, 0.15) is 18.0 Å². The van der Waals surface area contributed by atoms with Crippen molar-refractivity contribution in [3.05, 3.63) is 61.1 Å². The summed E-state index contributed by atoms with van der Waals surface area (Å²) in [4.78, 5) is 14.8. The number of furan rings is 2. The van der Waals surface area contributed by atoms with Crippen molar-refractivity contribution < 1.29 is 18.4 Å². The molecule has 4 aromatic rings. The van der Waals surface area contributed by atoms with E-state index in [0.717, 1.165) is 25.2 Å². The van der Waals surface area contributed by atoms with Gasteiger partial charge in [-0.15, -0.1) is 20.4 Å². The number of ether oxygens (including phenoxy) is 1. The summed E-state index contributed by atoms with van der Waals surface area (Å²) in [6.45, 7) is 2.13. The van der Waals surface area contributed by atoms with E-state index in [0.29, 0.717) is 48.5 Å². The summed E-state index contributed by atoms with van der Waals surface area (Å²) in [6.07, 6.45) is 4.94. The van der Waals surface area contributed by atoms with Gasteiger partial charge in [0, 0.05) is 19.2 Å². The number of carbonyl (C=O) groups is 1. The van der Waals surface area contributed by atoms with Gasteiger partial charge < -0.3 is 23.8 Å². The zero-order chi connectivity index (χ0) is 23.2. The number of nitrogens with zero attached hydrogens (tertiary/aromatic N) is 5. The Kier molecular flexibility index (Phi) is 6.46. The van der Waals surface area contributed by atoms with Gasteiger partial charge in [0.2, 0.25) is 11.8 Å². The van der Waals surface area contributed by atoms with E-state index in [9.17, 15) is 4.79 Å². The summed E-state index contributed by atoms with van der Waals surface area (Å²) in [5.74, 6) is 2.36. The first-order chi connectivity index (χ1) is 16.8. The predicted octanol–water partition coefficient (Wildman–Crippen LogP) is 3.20. The lowest BCUT2D eigenvalue weighted by Gasteiger charge is -2.32. The normalized spacial score (nSPS) is 15.8. The van der Waals surface area contributed by atoms with Gasteiger partial charge >= 0.3 is 0 Å². The average molecular weight is 460 g/mol. The molecular weight excluding hydrogens is 436 g/mol. The van der Waals surface area contributed by atoms with E-state index in [1.807, 2.05) is 30.3 Å². The first-order valence-corrected chi connectivity index (χ1v) is 11.2. The summed E-state index contributed by atoms with van der Waals surface area (Å²) in [5.41, 5.74) is 1.31. The van der Waals surface area contributed by atoms with Crippen molar-refractivity contribution in [3.8, 4) is 28.8 Å². The summed E-state index contributed by atoms with van der Waals surface area (Å²) < 4.78 is 16.2. The minimum Gasteiger partial charge on any atom is -0.475 e. The molecule has 1 fully saturated rings. The molecule has 4 aromatic heterocycles. The molecule has 174 valence electrons. The van der Waals surface area contributed by atoms with Crippen molar-refractivity contribution in [1.82, 2.24) is 25.7 Å². The minimum atomic E-state index is -0.118. The van der Waals surface area contributed by atoms with E-state index in [1.54, 1.807) is 30.7 Å². The van der Waals surface area contributed by atoms with Gasteiger partial charge in [-0.3, -0.25) is 4.79 Å². The van der Waals surface area contributed by atoms with Crippen molar-refractivity contribution >= 4 is 11.7 Å². The molecule has 5 rings (SSSR count). The molecule has 1 unspecified atom stereocenters. The topological polar surface area (TPSA) is 119 Å². The molecule has 1 aliphatic rings. The van der Waals surface area contributed by atoms with Crippen molar-refractivity contribution in [3.63, 3.8) is 0 Å². The maximum Gasteiger partial charge on any atom is 0.233 e. The molecule has 0 spiro atoms. The molecule has 1 aliphatic heterocycles. The number of nitrogens with one attached hydrogen (secondary N) is 1. The van der Waals surface area contributed by atoms with Crippen LogP contribution < -0.4 is 15.0 Å². The molecule has 1 amide bonds. The van der Waals surface area contributed by atoms with Crippen LogP contribution in [0.15, 0.2) is 69.9 Å². The van der Waals surface area contributed by atoms with Gasteiger partial charge in [-0.1, -0.05) is 0 Å². The van der Waals surface area contributed by atoms with Crippen molar-refractivity contribution in [2.75, 3.05) is 31.1 Å². The van der Waals surface area contributed by atoms with Crippen LogP contribution in [-0.4, -0.2) is 52.5 Å². The van der Waals surface area contributed by atoms with Crippen LogP contribution in [0.5, 0.6) is 5.88 Å². The number of rotatable bonds is 8. The highest BCUT2D eigenvalue weighted by Crippen LogP contribution is 2.24. The Bertz CT molecular complexity index is 1180. The summed E-state index contributed by atoms with van der Waals surface area (Å²) in [7, 11) is 0. The van der Waals surface area contributed by atoms with E-state index >= 15 is 0 Å². The number of aromatic nitrogens is 4. The van der Waals surface area contributed by atoms with Crippen LogP contribution >= 0.6 is 0 Å². The van der Waals surface area contributed by atoms with E-state index in [2.05, 4.69) is 30.6 Å². The van der Waals surface area contributed by atoms with Crippen LogP contribution in [0.1, 0.15) is 12.8 Å². The van der Waals surface area contributed by atoms with E-state index in [4.69, 9.17) is 13.6 Å². The number of hydrogen-bond donors (Lipinski definition) is 1. The Morgan fingerprint density at radius 3 is 2.32 bits per heavy atom. The number of carbonyl (C=O) groups excluding carboxylic acids is 1. The summed E-state index contributed by atoms with van der Waals surface area (Å²) >= 11 is 0. The SMILES string of the molecule is O=C(NCCOc1ccc(-c2ccco2)nn1)C1CCCN(c2ccc(-c3ccco3)nn2)C1. The average Bonchev–Trinajstić information content (AvgIpc) is 3.62. The highest BCUT2D eigenvalue weighted by Gasteiger charge is 2.26. The van der Waals surface area contributed by atoms with Crippen LogP contribution in [0, 0.1) is 5.92 Å². The zero-order valence-corrected chi connectivity index (χ0v) is 18.5. The van der Waals surface area contributed by atoms with Crippen molar-refractivity contribution in [2.24, 2.45) is 5.92 Å². The predicted molar refractivity (Wildman–Crippen MR) is 123 cm³/mol. The molecule has 0 aromatic carbocycles. The molecule has 1 atom stereocenters. The second kappa shape index (κ2) is 10.2. The van der Waals surface area contributed by atoms with Crippen LogP contribution in [0.25, 0.3) is 22.9 Å². The molecule has 0 saturated carbocycles. The zero-order valence-electron chi connectivity index (χ0n) is 18.5. The van der Waals surface area contributed by atoms with Gasteiger partial charge in [-0.2, -0.15) is 0 Å². The Morgan fingerprint density at radius 1 is 0.971 bits per heavy atom. The Hall–Kier alpha value is -4.21. The minimum absolute atomic E-state index is 0.00714. The molecule has 10 nitrogen and oxygen atoms in total. The van der Waals surface area contributed by atoms with Gasteiger partial charge in [0.25, 0.3) is 0 Å².